The van der Waals surface area contributed by atoms with Gasteiger partial charge >= 0.3 is 11.9 Å². The van der Waals surface area contributed by atoms with Crippen LogP contribution in [0.2, 0.25) is 0 Å². The summed E-state index contributed by atoms with van der Waals surface area (Å²) in [5.41, 5.74) is -0.266. The third kappa shape index (κ3) is 1.82. The SMILES string of the molecule is CCCN1C(C(=O)O)=C(C(=O)O)N(C)C1C. The van der Waals surface area contributed by atoms with Crippen LogP contribution < -0.4 is 0 Å². The first kappa shape index (κ1) is 12.4. The van der Waals surface area contributed by atoms with Gasteiger partial charge in [-0.05, 0) is 13.3 Å². The van der Waals surface area contributed by atoms with E-state index in [1.807, 2.05) is 6.92 Å². The number of carboxylic acids is 2. The van der Waals surface area contributed by atoms with Crippen LogP contribution in [0.4, 0.5) is 0 Å². The number of hydrogen-bond donors (Lipinski definition) is 2. The molecule has 0 fully saturated rings. The second kappa shape index (κ2) is 4.42. The van der Waals surface area contributed by atoms with Gasteiger partial charge in [0, 0.05) is 13.6 Å². The number of hydrogen-bond acceptors (Lipinski definition) is 4. The highest BCUT2D eigenvalue weighted by Crippen LogP contribution is 2.28. The van der Waals surface area contributed by atoms with Gasteiger partial charge in [0.25, 0.3) is 0 Å². The molecule has 1 atom stereocenters. The van der Waals surface area contributed by atoms with Gasteiger partial charge in [-0.3, -0.25) is 0 Å². The molecule has 6 nitrogen and oxygen atoms in total. The Morgan fingerprint density at radius 2 is 1.75 bits per heavy atom. The molecule has 0 saturated carbocycles. The molecule has 0 bridgehead atoms. The zero-order chi connectivity index (χ0) is 12.5. The Hall–Kier alpha value is -1.72. The summed E-state index contributed by atoms with van der Waals surface area (Å²) >= 11 is 0. The van der Waals surface area contributed by atoms with Crippen molar-refractivity contribution >= 4 is 11.9 Å². The lowest BCUT2D eigenvalue weighted by molar-refractivity contribution is -0.137. The van der Waals surface area contributed by atoms with Gasteiger partial charge < -0.3 is 20.0 Å². The zero-order valence-electron chi connectivity index (χ0n) is 9.60. The van der Waals surface area contributed by atoms with E-state index in [1.165, 1.54) is 4.90 Å². The number of rotatable bonds is 4. The van der Waals surface area contributed by atoms with Crippen LogP contribution in [-0.4, -0.2) is 51.7 Å². The van der Waals surface area contributed by atoms with Gasteiger partial charge in [0.15, 0.2) is 11.4 Å². The van der Waals surface area contributed by atoms with E-state index >= 15 is 0 Å². The summed E-state index contributed by atoms with van der Waals surface area (Å²) in [6, 6.07) is 0. The Morgan fingerprint density at radius 3 is 2.12 bits per heavy atom. The molecule has 16 heavy (non-hydrogen) atoms. The topological polar surface area (TPSA) is 81.1 Å². The van der Waals surface area contributed by atoms with Crippen molar-refractivity contribution in [3.05, 3.63) is 11.4 Å². The molecule has 0 amide bonds. The molecule has 0 aliphatic carbocycles. The lowest BCUT2D eigenvalue weighted by Gasteiger charge is -2.28. The van der Waals surface area contributed by atoms with E-state index in [0.29, 0.717) is 6.54 Å². The van der Waals surface area contributed by atoms with Crippen molar-refractivity contribution in [2.75, 3.05) is 13.6 Å². The van der Waals surface area contributed by atoms with Crippen molar-refractivity contribution in [3.63, 3.8) is 0 Å². The van der Waals surface area contributed by atoms with E-state index in [0.717, 1.165) is 6.42 Å². The summed E-state index contributed by atoms with van der Waals surface area (Å²) in [5.74, 6) is -2.40. The summed E-state index contributed by atoms with van der Waals surface area (Å²) in [4.78, 5) is 25.2. The molecule has 0 radical (unpaired) electrons. The highest BCUT2D eigenvalue weighted by atomic mass is 16.4. The first-order valence-electron chi connectivity index (χ1n) is 5.12. The maximum absolute atomic E-state index is 11.1. The number of carboxylic acid groups (broad SMARTS) is 2. The van der Waals surface area contributed by atoms with E-state index < -0.39 is 11.9 Å². The van der Waals surface area contributed by atoms with Crippen LogP contribution in [0.25, 0.3) is 0 Å². The fraction of sp³-hybridized carbons (Fsp3) is 0.600. The van der Waals surface area contributed by atoms with Crippen molar-refractivity contribution in [1.82, 2.24) is 9.80 Å². The molecule has 1 heterocycles. The number of likely N-dealkylation sites (N-methyl/N-ethyl adjacent to an activating group) is 1. The summed E-state index contributed by atoms with van der Waals surface area (Å²) in [5, 5.41) is 18.1. The van der Waals surface area contributed by atoms with Crippen molar-refractivity contribution < 1.29 is 19.8 Å². The van der Waals surface area contributed by atoms with E-state index in [4.69, 9.17) is 10.2 Å². The monoisotopic (exact) mass is 228 g/mol. The summed E-state index contributed by atoms with van der Waals surface area (Å²) < 4.78 is 0. The van der Waals surface area contributed by atoms with Gasteiger partial charge in [-0.1, -0.05) is 6.92 Å². The van der Waals surface area contributed by atoms with E-state index in [-0.39, 0.29) is 17.6 Å². The van der Waals surface area contributed by atoms with Crippen molar-refractivity contribution in [1.29, 1.82) is 0 Å². The van der Waals surface area contributed by atoms with Crippen molar-refractivity contribution in [2.45, 2.75) is 26.4 Å². The second-order valence-electron chi connectivity index (χ2n) is 3.74. The third-order valence-electron chi connectivity index (χ3n) is 2.75. The Morgan fingerprint density at radius 1 is 1.25 bits per heavy atom. The third-order valence-corrected chi connectivity index (χ3v) is 2.75. The molecule has 1 rings (SSSR count). The van der Waals surface area contributed by atoms with E-state index in [2.05, 4.69) is 0 Å². The normalized spacial score (nSPS) is 20.6. The predicted octanol–water partition coefficient (Wildman–Crippen LogP) is 0.371. The molecule has 0 saturated heterocycles. The molecule has 0 aromatic rings. The molecule has 90 valence electrons. The van der Waals surface area contributed by atoms with Gasteiger partial charge in [-0.25, -0.2) is 9.59 Å². The fourth-order valence-electron chi connectivity index (χ4n) is 1.90. The highest BCUT2D eigenvalue weighted by Gasteiger charge is 2.39. The smallest absolute Gasteiger partial charge is 0.354 e. The Balaban J connectivity index is 3.21. The van der Waals surface area contributed by atoms with Crippen LogP contribution in [0.15, 0.2) is 11.4 Å². The average molecular weight is 228 g/mol. The molecule has 1 unspecified atom stereocenters. The van der Waals surface area contributed by atoms with Gasteiger partial charge in [-0.15, -0.1) is 0 Å². The summed E-state index contributed by atoms with van der Waals surface area (Å²) in [7, 11) is 1.59. The van der Waals surface area contributed by atoms with Crippen LogP contribution in [0.1, 0.15) is 20.3 Å². The second-order valence-corrected chi connectivity index (χ2v) is 3.74. The van der Waals surface area contributed by atoms with Crippen molar-refractivity contribution in [3.8, 4) is 0 Å². The minimum absolute atomic E-state index is 0.121. The lowest BCUT2D eigenvalue weighted by Crippen LogP contribution is -2.37. The number of carbonyl (C=O) groups is 2. The van der Waals surface area contributed by atoms with Crippen LogP contribution in [0.3, 0.4) is 0 Å². The molecule has 1 aliphatic heterocycles. The molecule has 1 aliphatic rings. The summed E-state index contributed by atoms with van der Waals surface area (Å²) in [6.45, 7) is 4.24. The molecule has 2 N–H and O–H groups in total. The largest absolute Gasteiger partial charge is 0.477 e. The predicted molar refractivity (Wildman–Crippen MR) is 56.5 cm³/mol. The number of nitrogens with zero attached hydrogens (tertiary/aromatic N) is 2. The van der Waals surface area contributed by atoms with E-state index in [1.54, 1.807) is 18.9 Å². The van der Waals surface area contributed by atoms with E-state index in [9.17, 15) is 9.59 Å². The maximum Gasteiger partial charge on any atom is 0.354 e. The lowest BCUT2D eigenvalue weighted by atomic mass is 10.3. The maximum atomic E-state index is 11.1. The molecular weight excluding hydrogens is 212 g/mol. The first-order valence-corrected chi connectivity index (χ1v) is 5.12. The van der Waals surface area contributed by atoms with Gasteiger partial charge in [0.05, 0.1) is 6.17 Å². The molecule has 0 aromatic heterocycles. The van der Waals surface area contributed by atoms with Crippen LogP contribution in [0, 0.1) is 0 Å². The Labute approximate surface area is 93.8 Å². The standard InChI is InChI=1S/C10H16N2O4/c1-4-5-12-6(2)11(3)7(9(13)14)8(12)10(15)16/h6H,4-5H2,1-3H3,(H,13,14)(H,15,16). The van der Waals surface area contributed by atoms with Gasteiger partial charge in [0.1, 0.15) is 0 Å². The highest BCUT2D eigenvalue weighted by molar-refractivity contribution is 5.98. The fourth-order valence-corrected chi connectivity index (χ4v) is 1.90. The minimum Gasteiger partial charge on any atom is -0.477 e. The minimum atomic E-state index is -1.20. The van der Waals surface area contributed by atoms with Crippen LogP contribution >= 0.6 is 0 Å². The molecule has 0 aromatic carbocycles. The molecule has 0 spiro atoms. The summed E-state index contributed by atoms with van der Waals surface area (Å²) in [6.07, 6.45) is 0.527. The van der Waals surface area contributed by atoms with Crippen LogP contribution in [-0.2, 0) is 9.59 Å². The zero-order valence-corrected chi connectivity index (χ0v) is 9.60. The van der Waals surface area contributed by atoms with Gasteiger partial charge in [0.2, 0.25) is 0 Å². The Bertz CT molecular complexity index is 351. The Kier molecular flexibility index (Phi) is 3.41. The molecular formula is C10H16N2O4. The van der Waals surface area contributed by atoms with Crippen LogP contribution in [0.5, 0.6) is 0 Å². The number of aliphatic carboxylic acids is 2. The quantitative estimate of drug-likeness (QED) is 0.723. The first-order chi connectivity index (χ1) is 7.41. The average Bonchev–Trinajstić information content (AvgIpc) is 2.43. The van der Waals surface area contributed by atoms with Gasteiger partial charge in [-0.2, -0.15) is 0 Å². The molecule has 6 heteroatoms. The van der Waals surface area contributed by atoms with Crippen molar-refractivity contribution in [2.24, 2.45) is 0 Å².